The van der Waals surface area contributed by atoms with Crippen LogP contribution in [-0.4, -0.2) is 37.0 Å². The summed E-state index contributed by atoms with van der Waals surface area (Å²) in [6.45, 7) is 13.5. The normalized spacial score (nSPS) is 11.2. The Kier molecular flexibility index (Phi) is 9.72. The third-order valence-electron chi connectivity index (χ3n) is 7.61. The molecule has 0 aliphatic heterocycles. The van der Waals surface area contributed by atoms with Crippen molar-refractivity contribution < 1.29 is 9.53 Å². The average Bonchev–Trinajstić information content (AvgIpc) is 3.55. The zero-order valence-electron chi connectivity index (χ0n) is 26.2. The number of rotatable bonds is 12. The van der Waals surface area contributed by atoms with E-state index >= 15 is 0 Å². The molecule has 0 radical (unpaired) electrons. The minimum atomic E-state index is -0.498. The number of hydrogen-bond acceptors (Lipinski definition) is 6. The van der Waals surface area contributed by atoms with E-state index in [4.69, 9.17) is 4.74 Å². The fourth-order valence-electron chi connectivity index (χ4n) is 5.42. The highest BCUT2D eigenvalue weighted by Crippen LogP contribution is 2.36. The second-order valence-corrected chi connectivity index (χ2v) is 11.4. The number of hydrogen-bond donors (Lipinski definition) is 2. The molecule has 232 valence electrons. The number of carbonyl (C=O) groups is 1. The molecule has 3 heterocycles. The van der Waals surface area contributed by atoms with Crippen LogP contribution < -0.4 is 20.9 Å². The van der Waals surface area contributed by atoms with Gasteiger partial charge >= 0.3 is 6.03 Å². The van der Waals surface area contributed by atoms with Crippen LogP contribution in [0.1, 0.15) is 57.1 Å². The Hall–Kier alpha value is -5.25. The topological polar surface area (TPSA) is 116 Å². The Morgan fingerprint density at radius 2 is 1.71 bits per heavy atom. The molecule has 0 bridgehead atoms. The first-order valence-electron chi connectivity index (χ1n) is 15.2. The standard InChI is InChI=1S/C35H39N7O3/c1-6-7-17-42-33-29(15-10-16-37-33)30(25-11-8-12-26(20-25)45-19-18-41-22-36-21-38-41)32(34(42)43)40-35(44)39-31-27(23(2)3)13-9-14-28(31)24(4)5/h6,8-16,20-24H,1,7,17-19H2,2-5H3,(H2,39,40,44). The van der Waals surface area contributed by atoms with Crippen LogP contribution in [0.3, 0.4) is 0 Å². The molecule has 2 N–H and O–H groups in total. The van der Waals surface area contributed by atoms with Gasteiger partial charge in [0, 0.05) is 29.4 Å². The van der Waals surface area contributed by atoms with E-state index in [1.54, 1.807) is 27.8 Å². The number of para-hydroxylation sites is 1. The lowest BCUT2D eigenvalue weighted by molar-refractivity contribution is 0.262. The summed E-state index contributed by atoms with van der Waals surface area (Å²) in [7, 11) is 0. The summed E-state index contributed by atoms with van der Waals surface area (Å²) in [6, 6.07) is 16.8. The Bertz CT molecular complexity index is 1830. The molecule has 45 heavy (non-hydrogen) atoms. The van der Waals surface area contributed by atoms with E-state index in [-0.39, 0.29) is 23.1 Å². The number of nitrogens with zero attached hydrogens (tertiary/aromatic N) is 5. The number of aromatic nitrogens is 5. The van der Waals surface area contributed by atoms with Gasteiger partial charge in [-0.2, -0.15) is 5.10 Å². The summed E-state index contributed by atoms with van der Waals surface area (Å²) in [5.74, 6) is 0.984. The number of fused-ring (bicyclic) bond motifs is 1. The van der Waals surface area contributed by atoms with Crippen molar-refractivity contribution in [3.63, 3.8) is 0 Å². The number of urea groups is 1. The molecule has 0 spiro atoms. The molecule has 0 saturated heterocycles. The van der Waals surface area contributed by atoms with Crippen LogP contribution in [0.4, 0.5) is 16.2 Å². The van der Waals surface area contributed by atoms with Gasteiger partial charge in [0.15, 0.2) is 0 Å². The molecule has 10 nitrogen and oxygen atoms in total. The monoisotopic (exact) mass is 605 g/mol. The van der Waals surface area contributed by atoms with Crippen molar-refractivity contribution in [3.8, 4) is 16.9 Å². The maximum Gasteiger partial charge on any atom is 0.323 e. The molecule has 0 saturated carbocycles. The Morgan fingerprint density at radius 1 is 0.978 bits per heavy atom. The van der Waals surface area contributed by atoms with E-state index in [2.05, 4.69) is 60.0 Å². The van der Waals surface area contributed by atoms with Crippen molar-refractivity contribution in [3.05, 3.63) is 108 Å². The van der Waals surface area contributed by atoms with Crippen molar-refractivity contribution in [2.75, 3.05) is 17.2 Å². The van der Waals surface area contributed by atoms with Gasteiger partial charge in [-0.05, 0) is 59.2 Å². The van der Waals surface area contributed by atoms with Crippen molar-refractivity contribution in [1.82, 2.24) is 24.3 Å². The summed E-state index contributed by atoms with van der Waals surface area (Å²) >= 11 is 0. The van der Waals surface area contributed by atoms with Crippen molar-refractivity contribution in [1.29, 1.82) is 0 Å². The third kappa shape index (κ3) is 6.95. The summed E-state index contributed by atoms with van der Waals surface area (Å²) < 4.78 is 9.32. The number of ether oxygens (including phenoxy) is 1. The first-order chi connectivity index (χ1) is 21.8. The molecular weight excluding hydrogens is 566 g/mol. The van der Waals surface area contributed by atoms with Crippen molar-refractivity contribution >= 4 is 28.4 Å². The molecule has 3 aromatic heterocycles. The zero-order chi connectivity index (χ0) is 31.9. The minimum Gasteiger partial charge on any atom is -0.492 e. The van der Waals surface area contributed by atoms with E-state index in [1.165, 1.54) is 6.33 Å². The number of nitrogens with one attached hydrogen (secondary N) is 2. The van der Waals surface area contributed by atoms with Gasteiger partial charge in [0.05, 0.1) is 6.54 Å². The van der Waals surface area contributed by atoms with Crippen LogP contribution in [0.25, 0.3) is 22.2 Å². The van der Waals surface area contributed by atoms with Gasteiger partial charge in [-0.25, -0.2) is 19.4 Å². The maximum absolute atomic E-state index is 14.2. The highest BCUT2D eigenvalue weighted by atomic mass is 16.5. The van der Waals surface area contributed by atoms with E-state index in [0.717, 1.165) is 22.2 Å². The van der Waals surface area contributed by atoms with Crippen LogP contribution >= 0.6 is 0 Å². The fraction of sp³-hybridized carbons (Fsp3) is 0.286. The van der Waals surface area contributed by atoms with E-state index < -0.39 is 6.03 Å². The molecule has 2 amide bonds. The van der Waals surface area contributed by atoms with E-state index in [1.807, 2.05) is 54.6 Å². The quantitative estimate of drug-likeness (QED) is 0.145. The number of allylic oxidation sites excluding steroid dienone is 1. The highest BCUT2D eigenvalue weighted by Gasteiger charge is 2.23. The minimum absolute atomic E-state index is 0.157. The van der Waals surface area contributed by atoms with Crippen LogP contribution in [-0.2, 0) is 13.1 Å². The molecule has 2 aromatic carbocycles. The summed E-state index contributed by atoms with van der Waals surface area (Å²) in [4.78, 5) is 36.6. The third-order valence-corrected chi connectivity index (χ3v) is 7.61. The molecule has 5 rings (SSSR count). The fourth-order valence-corrected chi connectivity index (χ4v) is 5.42. The Morgan fingerprint density at radius 3 is 2.40 bits per heavy atom. The van der Waals surface area contributed by atoms with Gasteiger partial charge in [-0.15, -0.1) is 6.58 Å². The molecule has 5 aromatic rings. The first-order valence-corrected chi connectivity index (χ1v) is 15.2. The molecular formula is C35H39N7O3. The Labute approximate surface area is 262 Å². The summed E-state index contributed by atoms with van der Waals surface area (Å²) in [6.07, 6.45) is 7.09. The lowest BCUT2D eigenvalue weighted by Crippen LogP contribution is -2.30. The number of aryl methyl sites for hydroxylation is 1. The van der Waals surface area contributed by atoms with Gasteiger partial charge in [0.1, 0.15) is 36.3 Å². The highest BCUT2D eigenvalue weighted by molar-refractivity contribution is 6.07. The average molecular weight is 606 g/mol. The molecule has 0 unspecified atom stereocenters. The summed E-state index contributed by atoms with van der Waals surface area (Å²) in [5, 5.41) is 10.9. The predicted octanol–water partition coefficient (Wildman–Crippen LogP) is 7.20. The second-order valence-electron chi connectivity index (χ2n) is 11.4. The number of pyridine rings is 2. The van der Waals surface area contributed by atoms with Crippen molar-refractivity contribution in [2.24, 2.45) is 0 Å². The molecule has 0 fully saturated rings. The van der Waals surface area contributed by atoms with Gasteiger partial charge in [0.25, 0.3) is 5.56 Å². The van der Waals surface area contributed by atoms with Gasteiger partial charge < -0.3 is 15.4 Å². The molecule has 10 heteroatoms. The van der Waals surface area contributed by atoms with E-state index in [9.17, 15) is 9.59 Å². The maximum atomic E-state index is 14.2. The number of benzene rings is 2. The second kappa shape index (κ2) is 14.0. The summed E-state index contributed by atoms with van der Waals surface area (Å²) in [5.41, 5.74) is 4.42. The van der Waals surface area contributed by atoms with E-state index in [0.29, 0.717) is 48.6 Å². The number of amides is 2. The predicted molar refractivity (Wildman–Crippen MR) is 179 cm³/mol. The van der Waals surface area contributed by atoms with Crippen LogP contribution in [0.5, 0.6) is 5.75 Å². The largest absolute Gasteiger partial charge is 0.492 e. The smallest absolute Gasteiger partial charge is 0.323 e. The molecule has 0 aliphatic rings. The first kappa shape index (κ1) is 31.2. The van der Waals surface area contributed by atoms with Crippen LogP contribution in [0.15, 0.2) is 90.9 Å². The van der Waals surface area contributed by atoms with Crippen molar-refractivity contribution in [2.45, 2.75) is 59.0 Å². The van der Waals surface area contributed by atoms with Gasteiger partial charge in [-0.1, -0.05) is 64.1 Å². The SMILES string of the molecule is C=CCCn1c(=O)c(NC(=O)Nc2c(C(C)C)cccc2C(C)C)c(-c2cccc(OCCn3cncn3)c2)c2cccnc21. The molecule has 0 atom stereocenters. The van der Waals surface area contributed by atoms with Crippen LogP contribution in [0, 0.1) is 0 Å². The van der Waals surface area contributed by atoms with Gasteiger partial charge in [-0.3, -0.25) is 9.36 Å². The van der Waals surface area contributed by atoms with Gasteiger partial charge in [0.2, 0.25) is 0 Å². The lowest BCUT2D eigenvalue weighted by Gasteiger charge is -2.22. The Balaban J connectivity index is 1.59. The molecule has 0 aliphatic carbocycles. The number of carbonyl (C=O) groups excluding carboxylic acids is 1. The lowest BCUT2D eigenvalue weighted by atomic mass is 9.93. The zero-order valence-corrected chi connectivity index (χ0v) is 26.2. The number of anilines is 2. The van der Waals surface area contributed by atoms with Crippen LogP contribution in [0.2, 0.25) is 0 Å².